The van der Waals surface area contributed by atoms with Crippen LogP contribution in [-0.2, 0) is 11.8 Å². The lowest BCUT2D eigenvalue weighted by atomic mass is 9.85. The van der Waals surface area contributed by atoms with Crippen LogP contribution in [0, 0.1) is 5.92 Å². The van der Waals surface area contributed by atoms with E-state index in [0.29, 0.717) is 0 Å². The molecule has 1 aromatic carbocycles. The van der Waals surface area contributed by atoms with E-state index in [4.69, 9.17) is 0 Å². The fourth-order valence-corrected chi connectivity index (χ4v) is 3.25. The lowest BCUT2D eigenvalue weighted by Gasteiger charge is -2.19. The molecule has 0 amide bonds. The number of fused-ring (bicyclic) bond motifs is 1. The van der Waals surface area contributed by atoms with Gasteiger partial charge in [-0.1, -0.05) is 18.9 Å². The van der Waals surface area contributed by atoms with Crippen molar-refractivity contribution in [3.05, 3.63) is 30.1 Å². The molecule has 3 rings (SSSR count). The minimum Gasteiger partial charge on any atom is -0.481 e. The standard InChI is InChI=1S/C15H18N2O2/c1-17-9-16-12-8-11(6-7-13(12)17)14(15(18)19)10-4-2-3-5-10/h6-10,14H,2-5H2,1H3,(H,18,19). The van der Waals surface area contributed by atoms with Crippen LogP contribution in [0.5, 0.6) is 0 Å². The molecule has 19 heavy (non-hydrogen) atoms. The van der Waals surface area contributed by atoms with Crippen molar-refractivity contribution in [3.63, 3.8) is 0 Å². The van der Waals surface area contributed by atoms with Crippen molar-refractivity contribution >= 4 is 17.0 Å². The van der Waals surface area contributed by atoms with Crippen LogP contribution >= 0.6 is 0 Å². The van der Waals surface area contributed by atoms with E-state index in [2.05, 4.69) is 4.98 Å². The Balaban J connectivity index is 2.01. The van der Waals surface area contributed by atoms with Crippen molar-refractivity contribution in [2.75, 3.05) is 0 Å². The molecule has 4 nitrogen and oxygen atoms in total. The summed E-state index contributed by atoms with van der Waals surface area (Å²) in [6, 6.07) is 5.86. The van der Waals surface area contributed by atoms with Gasteiger partial charge in [-0.3, -0.25) is 4.79 Å². The summed E-state index contributed by atoms with van der Waals surface area (Å²) in [7, 11) is 1.95. The first kappa shape index (κ1) is 12.2. The minimum atomic E-state index is -0.706. The van der Waals surface area contributed by atoms with E-state index in [1.54, 1.807) is 6.33 Å². The quantitative estimate of drug-likeness (QED) is 0.921. The molecule has 0 radical (unpaired) electrons. The van der Waals surface area contributed by atoms with Gasteiger partial charge in [-0.15, -0.1) is 0 Å². The summed E-state index contributed by atoms with van der Waals surface area (Å²) >= 11 is 0. The van der Waals surface area contributed by atoms with Crippen LogP contribution in [0.4, 0.5) is 0 Å². The molecule has 0 bridgehead atoms. The Morgan fingerprint density at radius 1 is 1.42 bits per heavy atom. The van der Waals surface area contributed by atoms with Crippen molar-refractivity contribution in [3.8, 4) is 0 Å². The maximum absolute atomic E-state index is 11.6. The van der Waals surface area contributed by atoms with Crippen molar-refractivity contribution in [2.45, 2.75) is 31.6 Å². The molecule has 0 saturated heterocycles. The molecule has 2 aromatic rings. The number of nitrogens with zero attached hydrogens (tertiary/aromatic N) is 2. The van der Waals surface area contributed by atoms with Gasteiger partial charge in [0.25, 0.3) is 0 Å². The molecular weight excluding hydrogens is 240 g/mol. The van der Waals surface area contributed by atoms with Crippen molar-refractivity contribution < 1.29 is 9.90 Å². The van der Waals surface area contributed by atoms with E-state index in [1.165, 1.54) is 0 Å². The van der Waals surface area contributed by atoms with Crippen LogP contribution in [-0.4, -0.2) is 20.6 Å². The number of imidazole rings is 1. The Morgan fingerprint density at radius 3 is 2.84 bits per heavy atom. The van der Waals surface area contributed by atoms with E-state index in [9.17, 15) is 9.90 Å². The number of benzene rings is 1. The second-order valence-corrected chi connectivity index (χ2v) is 5.46. The van der Waals surface area contributed by atoms with E-state index < -0.39 is 5.97 Å². The fraction of sp³-hybridized carbons (Fsp3) is 0.467. The third-order valence-corrected chi connectivity index (χ3v) is 4.25. The summed E-state index contributed by atoms with van der Waals surface area (Å²) in [5.74, 6) is -0.810. The zero-order valence-corrected chi connectivity index (χ0v) is 11.0. The highest BCUT2D eigenvalue weighted by Gasteiger charge is 2.32. The van der Waals surface area contributed by atoms with E-state index >= 15 is 0 Å². The van der Waals surface area contributed by atoms with E-state index in [-0.39, 0.29) is 11.8 Å². The van der Waals surface area contributed by atoms with Gasteiger partial charge in [0.05, 0.1) is 23.3 Å². The van der Waals surface area contributed by atoms with Crippen LogP contribution in [0.25, 0.3) is 11.0 Å². The number of aliphatic carboxylic acids is 1. The summed E-state index contributed by atoms with van der Waals surface area (Å²) in [5.41, 5.74) is 2.81. The van der Waals surface area contributed by atoms with Gasteiger partial charge in [0.1, 0.15) is 0 Å². The number of hydrogen-bond donors (Lipinski definition) is 1. The molecule has 1 saturated carbocycles. The number of hydrogen-bond acceptors (Lipinski definition) is 2. The van der Waals surface area contributed by atoms with E-state index in [0.717, 1.165) is 42.3 Å². The zero-order valence-electron chi connectivity index (χ0n) is 11.0. The first-order valence-electron chi connectivity index (χ1n) is 6.80. The maximum Gasteiger partial charge on any atom is 0.311 e. The molecule has 4 heteroatoms. The average molecular weight is 258 g/mol. The number of aromatic nitrogens is 2. The molecule has 1 aliphatic carbocycles. The number of carbonyl (C=O) groups is 1. The zero-order chi connectivity index (χ0) is 13.4. The molecule has 1 fully saturated rings. The summed E-state index contributed by atoms with van der Waals surface area (Å²) < 4.78 is 1.95. The normalized spacial score (nSPS) is 17.9. The second-order valence-electron chi connectivity index (χ2n) is 5.46. The highest BCUT2D eigenvalue weighted by Crippen LogP contribution is 2.38. The molecule has 1 unspecified atom stereocenters. The van der Waals surface area contributed by atoms with Crippen LogP contribution in [0.1, 0.15) is 37.2 Å². The lowest BCUT2D eigenvalue weighted by Crippen LogP contribution is -2.19. The fourth-order valence-electron chi connectivity index (χ4n) is 3.25. The first-order valence-corrected chi connectivity index (χ1v) is 6.80. The maximum atomic E-state index is 11.6. The summed E-state index contributed by atoms with van der Waals surface area (Å²) in [4.78, 5) is 15.9. The molecule has 0 spiro atoms. The van der Waals surface area contributed by atoms with Gasteiger partial charge in [-0.2, -0.15) is 0 Å². The highest BCUT2D eigenvalue weighted by atomic mass is 16.4. The van der Waals surface area contributed by atoms with Gasteiger partial charge in [0.2, 0.25) is 0 Å². The summed E-state index contributed by atoms with van der Waals surface area (Å²) in [6.07, 6.45) is 6.12. The topological polar surface area (TPSA) is 55.1 Å². The Morgan fingerprint density at radius 2 is 2.16 bits per heavy atom. The first-order chi connectivity index (χ1) is 9.16. The van der Waals surface area contributed by atoms with Crippen molar-refractivity contribution in [2.24, 2.45) is 13.0 Å². The molecule has 100 valence electrons. The molecule has 0 aliphatic heterocycles. The molecule has 1 atom stereocenters. The average Bonchev–Trinajstić information content (AvgIpc) is 3.00. The van der Waals surface area contributed by atoms with Crippen LogP contribution in [0.3, 0.4) is 0 Å². The highest BCUT2D eigenvalue weighted by molar-refractivity contribution is 5.81. The minimum absolute atomic E-state index is 0.277. The van der Waals surface area contributed by atoms with Gasteiger partial charge in [0.15, 0.2) is 0 Å². The van der Waals surface area contributed by atoms with Gasteiger partial charge in [-0.05, 0) is 36.5 Å². The molecule has 1 N–H and O–H groups in total. The Labute approximate surface area is 112 Å². The predicted octanol–water partition coefficient (Wildman–Crippen LogP) is 2.93. The van der Waals surface area contributed by atoms with Crippen LogP contribution in [0.2, 0.25) is 0 Å². The number of carboxylic acids is 1. The monoisotopic (exact) mass is 258 g/mol. The molecule has 1 heterocycles. The van der Waals surface area contributed by atoms with Crippen LogP contribution in [0.15, 0.2) is 24.5 Å². The largest absolute Gasteiger partial charge is 0.481 e. The summed E-state index contributed by atoms with van der Waals surface area (Å²) in [5, 5.41) is 9.54. The smallest absolute Gasteiger partial charge is 0.311 e. The Bertz CT molecular complexity index is 612. The van der Waals surface area contributed by atoms with Crippen molar-refractivity contribution in [1.29, 1.82) is 0 Å². The number of rotatable bonds is 3. The van der Waals surface area contributed by atoms with Crippen LogP contribution < -0.4 is 0 Å². The third kappa shape index (κ3) is 2.11. The third-order valence-electron chi connectivity index (χ3n) is 4.25. The molecule has 1 aliphatic rings. The number of carboxylic acid groups (broad SMARTS) is 1. The number of aryl methyl sites for hydroxylation is 1. The van der Waals surface area contributed by atoms with Crippen molar-refractivity contribution in [1.82, 2.24) is 9.55 Å². The van der Waals surface area contributed by atoms with Gasteiger partial charge in [0, 0.05) is 7.05 Å². The van der Waals surface area contributed by atoms with Gasteiger partial charge < -0.3 is 9.67 Å². The molecule has 1 aromatic heterocycles. The Kier molecular flexibility index (Phi) is 3.01. The SMILES string of the molecule is Cn1cnc2cc(C(C(=O)O)C3CCCC3)ccc21. The Hall–Kier alpha value is -1.84. The van der Waals surface area contributed by atoms with E-state index in [1.807, 2.05) is 29.8 Å². The summed E-state index contributed by atoms with van der Waals surface area (Å²) in [6.45, 7) is 0. The van der Waals surface area contributed by atoms with Gasteiger partial charge >= 0.3 is 5.97 Å². The lowest BCUT2D eigenvalue weighted by molar-refractivity contribution is -0.140. The molecular formula is C15H18N2O2. The van der Waals surface area contributed by atoms with Gasteiger partial charge in [-0.25, -0.2) is 4.98 Å². The predicted molar refractivity (Wildman–Crippen MR) is 73.0 cm³/mol. The second kappa shape index (κ2) is 4.68.